The highest BCUT2D eigenvalue weighted by Crippen LogP contribution is 2.26. The largest absolute Gasteiger partial charge is 0.483 e. The van der Waals surface area contributed by atoms with Crippen LogP contribution in [0.4, 0.5) is 17.6 Å². The summed E-state index contributed by atoms with van der Waals surface area (Å²) in [5.74, 6) is -7.02. The molecule has 5 heteroatoms. The molecule has 1 nitrogen and oxygen atoms in total. The maximum atomic E-state index is 13.1. The van der Waals surface area contributed by atoms with E-state index in [0.29, 0.717) is 0 Å². The maximum absolute atomic E-state index is 13.1. The van der Waals surface area contributed by atoms with Gasteiger partial charge in [0, 0.05) is 6.07 Å². The third kappa shape index (κ3) is 3.47. The summed E-state index contributed by atoms with van der Waals surface area (Å²) in [4.78, 5) is 0. The summed E-state index contributed by atoms with van der Waals surface area (Å²) in [6, 6.07) is 0.143. The van der Waals surface area contributed by atoms with Crippen LogP contribution < -0.4 is 4.74 Å². The van der Waals surface area contributed by atoms with E-state index < -0.39 is 29.0 Å². The van der Waals surface area contributed by atoms with Gasteiger partial charge in [0.1, 0.15) is 6.61 Å². The number of unbranched alkanes of at least 4 members (excludes halogenated alkanes) is 1. The van der Waals surface area contributed by atoms with E-state index in [2.05, 4.69) is 4.74 Å². The zero-order valence-corrected chi connectivity index (χ0v) is 9.27. The molecule has 0 aliphatic carbocycles. The first-order valence-electron chi connectivity index (χ1n) is 5.18. The van der Waals surface area contributed by atoms with Gasteiger partial charge in [-0.2, -0.15) is 8.78 Å². The molecular formula is C12H12F4O. The van der Waals surface area contributed by atoms with Gasteiger partial charge in [-0.1, -0.05) is 25.5 Å². The number of halogens is 4. The highest BCUT2D eigenvalue weighted by molar-refractivity contribution is 5.28. The molecule has 0 bridgehead atoms. The fraction of sp³-hybridized carbons (Fsp3) is 0.333. The van der Waals surface area contributed by atoms with Gasteiger partial charge in [0.25, 0.3) is 0 Å². The molecule has 0 N–H and O–H groups in total. The predicted molar refractivity (Wildman–Crippen MR) is 55.8 cm³/mol. The molecule has 17 heavy (non-hydrogen) atoms. The predicted octanol–water partition coefficient (Wildman–Crippen LogP) is 3.98. The van der Waals surface area contributed by atoms with E-state index in [9.17, 15) is 17.6 Å². The Labute approximate surface area is 96.7 Å². The van der Waals surface area contributed by atoms with Gasteiger partial charge in [-0.15, -0.1) is 0 Å². The van der Waals surface area contributed by atoms with E-state index in [1.54, 1.807) is 6.08 Å². The van der Waals surface area contributed by atoms with Crippen LogP contribution in [0.3, 0.4) is 0 Å². The number of allylic oxidation sites excluding steroid dienone is 1. The lowest BCUT2D eigenvalue weighted by Crippen LogP contribution is -2.03. The lowest BCUT2D eigenvalue weighted by atomic mass is 10.3. The van der Waals surface area contributed by atoms with Crippen molar-refractivity contribution in [2.24, 2.45) is 0 Å². The van der Waals surface area contributed by atoms with Crippen LogP contribution in [0, 0.1) is 23.3 Å². The summed E-state index contributed by atoms with van der Waals surface area (Å²) in [7, 11) is 0. The number of hydrogen-bond acceptors (Lipinski definition) is 1. The van der Waals surface area contributed by atoms with Gasteiger partial charge in [0.2, 0.25) is 11.6 Å². The van der Waals surface area contributed by atoms with E-state index in [-0.39, 0.29) is 12.7 Å². The Bertz CT molecular complexity index is 389. The minimum absolute atomic E-state index is 0.142. The van der Waals surface area contributed by atoms with Crippen LogP contribution in [-0.4, -0.2) is 6.61 Å². The average molecular weight is 248 g/mol. The second kappa shape index (κ2) is 6.27. The monoisotopic (exact) mass is 248 g/mol. The van der Waals surface area contributed by atoms with Crippen molar-refractivity contribution in [2.75, 3.05) is 6.61 Å². The second-order valence-corrected chi connectivity index (χ2v) is 3.37. The lowest BCUT2D eigenvalue weighted by Gasteiger charge is -2.07. The fourth-order valence-electron chi connectivity index (χ4n) is 1.16. The Kier molecular flexibility index (Phi) is 5.00. The first-order chi connectivity index (χ1) is 8.07. The van der Waals surface area contributed by atoms with Crippen LogP contribution in [0.2, 0.25) is 0 Å². The Morgan fingerprint density at radius 1 is 1.06 bits per heavy atom. The molecule has 0 atom stereocenters. The van der Waals surface area contributed by atoms with Crippen molar-refractivity contribution < 1.29 is 22.3 Å². The van der Waals surface area contributed by atoms with E-state index in [4.69, 9.17) is 0 Å². The van der Waals surface area contributed by atoms with Gasteiger partial charge in [0.05, 0.1) is 0 Å². The van der Waals surface area contributed by atoms with E-state index in [1.807, 2.05) is 6.92 Å². The van der Waals surface area contributed by atoms with Crippen LogP contribution in [-0.2, 0) is 0 Å². The van der Waals surface area contributed by atoms with Gasteiger partial charge < -0.3 is 4.74 Å². The van der Waals surface area contributed by atoms with Crippen molar-refractivity contribution in [1.82, 2.24) is 0 Å². The molecule has 94 valence electrons. The zero-order chi connectivity index (χ0) is 12.8. The Morgan fingerprint density at radius 3 is 2.18 bits per heavy atom. The third-order valence-corrected chi connectivity index (χ3v) is 2.02. The summed E-state index contributed by atoms with van der Waals surface area (Å²) >= 11 is 0. The van der Waals surface area contributed by atoms with Gasteiger partial charge in [-0.05, 0) is 6.42 Å². The smallest absolute Gasteiger partial charge is 0.203 e. The first kappa shape index (κ1) is 13.5. The molecule has 1 rings (SSSR count). The maximum Gasteiger partial charge on any atom is 0.203 e. The number of ether oxygens (including phenoxy) is 1. The van der Waals surface area contributed by atoms with Gasteiger partial charge in [0.15, 0.2) is 17.4 Å². The lowest BCUT2D eigenvalue weighted by molar-refractivity contribution is 0.301. The number of hydrogen-bond donors (Lipinski definition) is 0. The van der Waals surface area contributed by atoms with Crippen LogP contribution in [0.1, 0.15) is 19.8 Å². The van der Waals surface area contributed by atoms with E-state index >= 15 is 0 Å². The molecular weight excluding hydrogens is 236 g/mol. The SMILES string of the molecule is CCCC=CCOc1c(F)c(F)cc(F)c1F. The minimum atomic E-state index is -1.52. The van der Waals surface area contributed by atoms with Crippen LogP contribution in [0.15, 0.2) is 18.2 Å². The topological polar surface area (TPSA) is 9.23 Å². The second-order valence-electron chi connectivity index (χ2n) is 3.37. The standard InChI is InChI=1S/C12H12F4O/c1-2-3-4-5-6-17-12-10(15)8(13)7-9(14)11(12)16/h4-5,7H,2-3,6H2,1H3. The molecule has 1 aromatic rings. The van der Waals surface area contributed by atoms with Gasteiger partial charge in [-0.3, -0.25) is 0 Å². The quantitative estimate of drug-likeness (QED) is 0.435. The molecule has 0 radical (unpaired) electrons. The van der Waals surface area contributed by atoms with E-state index in [1.165, 1.54) is 6.08 Å². The Balaban J connectivity index is 2.77. The highest BCUT2D eigenvalue weighted by Gasteiger charge is 2.19. The van der Waals surface area contributed by atoms with Crippen LogP contribution >= 0.6 is 0 Å². The van der Waals surface area contributed by atoms with Crippen LogP contribution in [0.25, 0.3) is 0 Å². The van der Waals surface area contributed by atoms with Crippen molar-refractivity contribution in [3.8, 4) is 5.75 Å². The van der Waals surface area contributed by atoms with Crippen molar-refractivity contribution in [3.05, 3.63) is 41.5 Å². The molecule has 0 saturated carbocycles. The van der Waals surface area contributed by atoms with Crippen LogP contribution in [0.5, 0.6) is 5.75 Å². The zero-order valence-electron chi connectivity index (χ0n) is 9.27. The van der Waals surface area contributed by atoms with Gasteiger partial charge in [-0.25, -0.2) is 8.78 Å². The molecule has 0 fully saturated rings. The Hall–Kier alpha value is -1.52. The molecule has 0 amide bonds. The average Bonchev–Trinajstić information content (AvgIpc) is 2.30. The van der Waals surface area contributed by atoms with Crippen molar-refractivity contribution >= 4 is 0 Å². The molecule has 0 unspecified atom stereocenters. The van der Waals surface area contributed by atoms with Crippen molar-refractivity contribution in [2.45, 2.75) is 19.8 Å². The summed E-state index contributed by atoms with van der Waals surface area (Å²) in [5, 5.41) is 0. The number of rotatable bonds is 5. The summed E-state index contributed by atoms with van der Waals surface area (Å²) in [5.41, 5.74) is 0. The van der Waals surface area contributed by atoms with Gasteiger partial charge >= 0.3 is 0 Å². The molecule has 0 saturated heterocycles. The summed E-state index contributed by atoms with van der Waals surface area (Å²) in [6.45, 7) is 1.82. The molecule has 1 aromatic carbocycles. The molecule has 0 spiro atoms. The molecule has 0 heterocycles. The fourth-order valence-corrected chi connectivity index (χ4v) is 1.16. The van der Waals surface area contributed by atoms with Crippen molar-refractivity contribution in [3.63, 3.8) is 0 Å². The normalized spacial score (nSPS) is 11.1. The highest BCUT2D eigenvalue weighted by atomic mass is 19.2. The Morgan fingerprint density at radius 2 is 1.65 bits per heavy atom. The first-order valence-corrected chi connectivity index (χ1v) is 5.18. The van der Waals surface area contributed by atoms with Crippen molar-refractivity contribution in [1.29, 1.82) is 0 Å². The minimum Gasteiger partial charge on any atom is -0.483 e. The molecule has 0 aliphatic heterocycles. The summed E-state index contributed by atoms with van der Waals surface area (Å²) in [6.07, 6.45) is 5.01. The molecule has 0 aromatic heterocycles. The number of benzene rings is 1. The molecule has 0 aliphatic rings. The summed E-state index contributed by atoms with van der Waals surface area (Å²) < 4.78 is 56.4. The third-order valence-electron chi connectivity index (χ3n) is 2.02. The van der Waals surface area contributed by atoms with E-state index in [0.717, 1.165) is 12.8 Å².